The van der Waals surface area contributed by atoms with Crippen LogP contribution in [-0.4, -0.2) is 11.5 Å². The number of benzene rings is 1. The number of nitrogens with zero attached hydrogens (tertiary/aromatic N) is 1. The van der Waals surface area contributed by atoms with Gasteiger partial charge >= 0.3 is 0 Å². The van der Waals surface area contributed by atoms with Gasteiger partial charge in [-0.05, 0) is 46.8 Å². The van der Waals surface area contributed by atoms with E-state index in [9.17, 15) is 0 Å². The number of pyridine rings is 1. The molecule has 1 aromatic heterocycles. The van der Waals surface area contributed by atoms with E-state index in [0.717, 1.165) is 22.4 Å². The molecular weight excluding hydrogens is 300 g/mol. The molecule has 0 saturated carbocycles. The molecule has 0 spiro atoms. The van der Waals surface area contributed by atoms with E-state index in [1.54, 1.807) is 0 Å². The first-order valence-corrected chi connectivity index (χ1v) is 7.48. The van der Waals surface area contributed by atoms with Crippen molar-refractivity contribution in [3.05, 3.63) is 33.8 Å². The lowest BCUT2D eigenvalue weighted by atomic mass is 9.86. The number of aromatic nitrogens is 1. The van der Waals surface area contributed by atoms with E-state index < -0.39 is 0 Å². The molecule has 102 valence electrons. The fourth-order valence-electron chi connectivity index (χ4n) is 2.18. The average Bonchev–Trinajstić information content (AvgIpc) is 2.33. The SMILES string of the molecule is CCNc1nc2c(Br)c(C)ccc2cc1C(C)(C)C. The molecular formula is C16H21BrN2. The zero-order valence-corrected chi connectivity index (χ0v) is 13.9. The van der Waals surface area contributed by atoms with Gasteiger partial charge in [0.1, 0.15) is 5.82 Å². The first-order valence-electron chi connectivity index (χ1n) is 6.68. The van der Waals surface area contributed by atoms with Crippen LogP contribution in [0.4, 0.5) is 5.82 Å². The van der Waals surface area contributed by atoms with Crippen LogP contribution in [0.3, 0.4) is 0 Å². The fourth-order valence-corrected chi connectivity index (χ4v) is 2.63. The summed E-state index contributed by atoms with van der Waals surface area (Å²) in [6, 6.07) is 6.53. The number of fused-ring (bicyclic) bond motifs is 1. The van der Waals surface area contributed by atoms with Crippen LogP contribution in [0.1, 0.15) is 38.8 Å². The Bertz CT molecular complexity index is 612. The van der Waals surface area contributed by atoms with Gasteiger partial charge in [0.25, 0.3) is 0 Å². The number of rotatable bonds is 2. The summed E-state index contributed by atoms with van der Waals surface area (Å²) in [6.45, 7) is 11.7. The van der Waals surface area contributed by atoms with E-state index in [4.69, 9.17) is 4.98 Å². The molecule has 0 radical (unpaired) electrons. The lowest BCUT2D eigenvalue weighted by Crippen LogP contribution is -2.16. The van der Waals surface area contributed by atoms with Crippen molar-refractivity contribution in [1.82, 2.24) is 4.98 Å². The maximum atomic E-state index is 4.83. The molecule has 0 amide bonds. The Labute approximate surface area is 123 Å². The maximum Gasteiger partial charge on any atom is 0.130 e. The van der Waals surface area contributed by atoms with Crippen molar-refractivity contribution in [2.75, 3.05) is 11.9 Å². The zero-order valence-electron chi connectivity index (χ0n) is 12.3. The zero-order chi connectivity index (χ0) is 14.2. The van der Waals surface area contributed by atoms with Crippen LogP contribution in [0.15, 0.2) is 22.7 Å². The lowest BCUT2D eigenvalue weighted by molar-refractivity contribution is 0.590. The summed E-state index contributed by atoms with van der Waals surface area (Å²) in [7, 11) is 0. The van der Waals surface area contributed by atoms with Crippen LogP contribution in [0.25, 0.3) is 10.9 Å². The van der Waals surface area contributed by atoms with E-state index >= 15 is 0 Å². The Morgan fingerprint density at radius 2 is 1.95 bits per heavy atom. The van der Waals surface area contributed by atoms with E-state index in [1.165, 1.54) is 16.5 Å². The molecule has 1 N–H and O–H groups in total. The van der Waals surface area contributed by atoms with Crippen LogP contribution in [-0.2, 0) is 5.41 Å². The molecule has 3 heteroatoms. The molecule has 2 rings (SSSR count). The van der Waals surface area contributed by atoms with E-state index in [1.807, 2.05) is 0 Å². The molecule has 2 aromatic rings. The van der Waals surface area contributed by atoms with Crippen molar-refractivity contribution in [2.24, 2.45) is 0 Å². The maximum absolute atomic E-state index is 4.83. The molecule has 0 aliphatic rings. The van der Waals surface area contributed by atoms with Gasteiger partial charge in [0.2, 0.25) is 0 Å². The van der Waals surface area contributed by atoms with Gasteiger partial charge < -0.3 is 5.32 Å². The summed E-state index contributed by atoms with van der Waals surface area (Å²) in [5.41, 5.74) is 3.59. The van der Waals surface area contributed by atoms with E-state index in [2.05, 4.69) is 74.1 Å². The third-order valence-corrected chi connectivity index (χ3v) is 4.27. The minimum atomic E-state index is 0.0794. The van der Waals surface area contributed by atoms with Gasteiger partial charge in [-0.25, -0.2) is 4.98 Å². The minimum absolute atomic E-state index is 0.0794. The number of nitrogens with one attached hydrogen (secondary N) is 1. The molecule has 0 bridgehead atoms. The van der Waals surface area contributed by atoms with Crippen molar-refractivity contribution < 1.29 is 0 Å². The van der Waals surface area contributed by atoms with Crippen LogP contribution >= 0.6 is 15.9 Å². The van der Waals surface area contributed by atoms with Crippen LogP contribution in [0.5, 0.6) is 0 Å². The highest BCUT2D eigenvalue weighted by molar-refractivity contribution is 9.10. The lowest BCUT2D eigenvalue weighted by Gasteiger charge is -2.23. The third-order valence-electron chi connectivity index (χ3n) is 3.27. The van der Waals surface area contributed by atoms with Gasteiger partial charge in [-0.15, -0.1) is 0 Å². The molecule has 0 unspecified atom stereocenters. The third kappa shape index (κ3) is 2.76. The van der Waals surface area contributed by atoms with Gasteiger partial charge in [0.05, 0.1) is 5.52 Å². The molecule has 19 heavy (non-hydrogen) atoms. The normalized spacial score (nSPS) is 11.9. The summed E-state index contributed by atoms with van der Waals surface area (Å²) in [4.78, 5) is 4.83. The van der Waals surface area contributed by atoms with Crippen molar-refractivity contribution in [3.63, 3.8) is 0 Å². The topological polar surface area (TPSA) is 24.9 Å². The predicted molar refractivity (Wildman–Crippen MR) is 87.0 cm³/mol. The standard InChI is InChI=1S/C16H21BrN2/c1-6-18-15-12(16(3,4)5)9-11-8-7-10(2)13(17)14(11)19-15/h7-9H,6H2,1-5H3,(H,18,19). The average molecular weight is 321 g/mol. The quantitative estimate of drug-likeness (QED) is 0.838. The molecule has 0 saturated heterocycles. The molecule has 0 aliphatic carbocycles. The van der Waals surface area contributed by atoms with Gasteiger partial charge in [-0.3, -0.25) is 0 Å². The highest BCUT2D eigenvalue weighted by Crippen LogP contribution is 2.34. The largest absolute Gasteiger partial charge is 0.370 e. The van der Waals surface area contributed by atoms with Gasteiger partial charge in [0, 0.05) is 22.0 Å². The number of halogens is 1. The van der Waals surface area contributed by atoms with Gasteiger partial charge in [0.15, 0.2) is 0 Å². The second kappa shape index (κ2) is 5.12. The summed E-state index contributed by atoms with van der Waals surface area (Å²) >= 11 is 3.65. The summed E-state index contributed by atoms with van der Waals surface area (Å²) in [6.07, 6.45) is 0. The first kappa shape index (κ1) is 14.3. The molecule has 1 heterocycles. The Morgan fingerprint density at radius 1 is 1.26 bits per heavy atom. The van der Waals surface area contributed by atoms with Crippen molar-refractivity contribution >= 4 is 32.7 Å². The van der Waals surface area contributed by atoms with Crippen LogP contribution in [0, 0.1) is 6.92 Å². The first-order chi connectivity index (χ1) is 8.84. The van der Waals surface area contributed by atoms with Gasteiger partial charge in [-0.1, -0.05) is 32.9 Å². The molecule has 0 aliphatic heterocycles. The Hall–Kier alpha value is -1.09. The predicted octanol–water partition coefficient (Wildman–Crippen LogP) is 5.04. The molecule has 0 atom stereocenters. The second-order valence-electron chi connectivity index (χ2n) is 5.93. The van der Waals surface area contributed by atoms with Crippen LogP contribution < -0.4 is 5.32 Å². The van der Waals surface area contributed by atoms with E-state index in [0.29, 0.717) is 0 Å². The van der Waals surface area contributed by atoms with Crippen molar-refractivity contribution in [2.45, 2.75) is 40.0 Å². The van der Waals surface area contributed by atoms with E-state index in [-0.39, 0.29) is 5.41 Å². The number of hydrogen-bond acceptors (Lipinski definition) is 2. The highest BCUT2D eigenvalue weighted by Gasteiger charge is 2.20. The monoisotopic (exact) mass is 320 g/mol. The highest BCUT2D eigenvalue weighted by atomic mass is 79.9. The fraction of sp³-hybridized carbons (Fsp3) is 0.438. The van der Waals surface area contributed by atoms with Crippen molar-refractivity contribution in [1.29, 1.82) is 0 Å². The number of anilines is 1. The summed E-state index contributed by atoms with van der Waals surface area (Å²) < 4.78 is 1.09. The van der Waals surface area contributed by atoms with Crippen molar-refractivity contribution in [3.8, 4) is 0 Å². The van der Waals surface area contributed by atoms with Gasteiger partial charge in [-0.2, -0.15) is 0 Å². The minimum Gasteiger partial charge on any atom is -0.370 e. The summed E-state index contributed by atoms with van der Waals surface area (Å²) in [5.74, 6) is 0.994. The summed E-state index contributed by atoms with van der Waals surface area (Å²) in [5, 5.41) is 4.57. The number of aryl methyl sites for hydroxylation is 1. The Balaban J connectivity index is 2.76. The molecule has 0 fully saturated rings. The Morgan fingerprint density at radius 3 is 2.53 bits per heavy atom. The van der Waals surface area contributed by atoms with Crippen LogP contribution in [0.2, 0.25) is 0 Å². The smallest absolute Gasteiger partial charge is 0.130 e. The Kier molecular flexibility index (Phi) is 3.86. The number of hydrogen-bond donors (Lipinski definition) is 1. The second-order valence-corrected chi connectivity index (χ2v) is 6.73. The molecule has 1 aromatic carbocycles. The molecule has 2 nitrogen and oxygen atoms in total.